The van der Waals surface area contributed by atoms with Crippen molar-refractivity contribution in [1.82, 2.24) is 5.32 Å². The lowest BCUT2D eigenvalue weighted by Crippen LogP contribution is -2.55. The summed E-state index contributed by atoms with van der Waals surface area (Å²) >= 11 is 0. The molecule has 0 aliphatic heterocycles. The van der Waals surface area contributed by atoms with Gasteiger partial charge in [0, 0.05) is 11.0 Å². The zero-order valence-corrected chi connectivity index (χ0v) is 11.0. The SMILES string of the molecule is CC(O)C(NC(C)(C)C)C(=O)C(C)(C)C. The average Bonchev–Trinajstić information content (AvgIpc) is 1.94. The van der Waals surface area contributed by atoms with Gasteiger partial charge in [0.15, 0.2) is 5.78 Å². The Labute approximate surface area is 93.3 Å². The lowest BCUT2D eigenvalue weighted by atomic mass is 9.84. The summed E-state index contributed by atoms with van der Waals surface area (Å²) in [6, 6.07) is -0.495. The van der Waals surface area contributed by atoms with Crippen LogP contribution in [-0.4, -0.2) is 28.6 Å². The fourth-order valence-corrected chi connectivity index (χ4v) is 1.34. The summed E-state index contributed by atoms with van der Waals surface area (Å²) in [7, 11) is 0. The van der Waals surface area contributed by atoms with Gasteiger partial charge in [0.2, 0.25) is 0 Å². The van der Waals surface area contributed by atoms with E-state index in [0.717, 1.165) is 0 Å². The van der Waals surface area contributed by atoms with Crippen LogP contribution >= 0.6 is 0 Å². The molecule has 0 aromatic rings. The van der Waals surface area contributed by atoms with E-state index in [-0.39, 0.29) is 11.3 Å². The summed E-state index contributed by atoms with van der Waals surface area (Å²) < 4.78 is 0. The molecule has 3 nitrogen and oxygen atoms in total. The predicted molar refractivity (Wildman–Crippen MR) is 62.8 cm³/mol. The Morgan fingerprint density at radius 1 is 1.13 bits per heavy atom. The predicted octanol–water partition coefficient (Wildman–Crippen LogP) is 1.74. The van der Waals surface area contributed by atoms with Crippen LogP contribution in [0.25, 0.3) is 0 Å². The Hall–Kier alpha value is -0.410. The minimum absolute atomic E-state index is 0.0485. The normalized spacial score (nSPS) is 17.3. The molecule has 0 spiro atoms. The lowest BCUT2D eigenvalue weighted by Gasteiger charge is -2.33. The average molecular weight is 215 g/mol. The second kappa shape index (κ2) is 4.62. The first-order valence-corrected chi connectivity index (χ1v) is 5.45. The van der Waals surface area contributed by atoms with Crippen molar-refractivity contribution in [2.75, 3.05) is 0 Å². The number of carbonyl (C=O) groups excluding carboxylic acids is 1. The van der Waals surface area contributed by atoms with Gasteiger partial charge in [-0.2, -0.15) is 0 Å². The molecule has 0 aromatic carbocycles. The van der Waals surface area contributed by atoms with E-state index in [1.165, 1.54) is 0 Å². The van der Waals surface area contributed by atoms with Gasteiger partial charge in [0.1, 0.15) is 0 Å². The van der Waals surface area contributed by atoms with Gasteiger partial charge in [-0.05, 0) is 27.7 Å². The van der Waals surface area contributed by atoms with E-state index >= 15 is 0 Å². The Morgan fingerprint density at radius 3 is 1.73 bits per heavy atom. The third-order valence-electron chi connectivity index (χ3n) is 2.09. The Kier molecular flexibility index (Phi) is 4.49. The van der Waals surface area contributed by atoms with Crippen LogP contribution in [0.5, 0.6) is 0 Å². The number of aliphatic hydroxyl groups excluding tert-OH is 1. The molecule has 0 amide bonds. The summed E-state index contributed by atoms with van der Waals surface area (Å²) in [4.78, 5) is 12.1. The highest BCUT2D eigenvalue weighted by Gasteiger charge is 2.34. The number of nitrogens with one attached hydrogen (secondary N) is 1. The molecule has 0 rings (SSSR count). The molecule has 0 saturated carbocycles. The van der Waals surface area contributed by atoms with Crippen molar-refractivity contribution in [2.45, 2.75) is 66.2 Å². The van der Waals surface area contributed by atoms with Gasteiger partial charge in [-0.1, -0.05) is 20.8 Å². The van der Waals surface area contributed by atoms with Crippen molar-refractivity contribution in [2.24, 2.45) is 5.41 Å². The Morgan fingerprint density at radius 2 is 1.53 bits per heavy atom. The largest absolute Gasteiger partial charge is 0.391 e. The topological polar surface area (TPSA) is 49.3 Å². The molecule has 0 fully saturated rings. The van der Waals surface area contributed by atoms with Gasteiger partial charge in [-0.25, -0.2) is 0 Å². The standard InChI is InChI=1S/C12H25NO2/c1-8(14)9(13-12(5,6)7)10(15)11(2,3)4/h8-9,13-14H,1-7H3. The molecule has 0 aromatic heterocycles. The maximum atomic E-state index is 12.1. The van der Waals surface area contributed by atoms with E-state index in [1.54, 1.807) is 6.92 Å². The third kappa shape index (κ3) is 5.28. The number of Topliss-reactive ketones (excluding diaryl/α,β-unsaturated/α-hetero) is 1. The summed E-state index contributed by atoms with van der Waals surface area (Å²) in [6.45, 7) is 13.2. The second-order valence-electron chi connectivity index (χ2n) is 6.23. The summed E-state index contributed by atoms with van der Waals surface area (Å²) in [5, 5.41) is 12.8. The van der Waals surface area contributed by atoms with E-state index in [0.29, 0.717) is 0 Å². The molecular formula is C12H25NO2. The number of ketones is 1. The van der Waals surface area contributed by atoms with Crippen LogP contribution in [0.3, 0.4) is 0 Å². The highest BCUT2D eigenvalue weighted by atomic mass is 16.3. The van der Waals surface area contributed by atoms with Crippen molar-refractivity contribution >= 4 is 5.78 Å². The van der Waals surface area contributed by atoms with Crippen molar-refractivity contribution in [3.05, 3.63) is 0 Å². The number of rotatable bonds is 3. The van der Waals surface area contributed by atoms with Gasteiger partial charge in [-0.15, -0.1) is 0 Å². The van der Waals surface area contributed by atoms with E-state index in [4.69, 9.17) is 0 Å². The van der Waals surface area contributed by atoms with Gasteiger partial charge in [-0.3, -0.25) is 4.79 Å². The second-order valence-corrected chi connectivity index (χ2v) is 6.23. The number of hydrogen-bond donors (Lipinski definition) is 2. The maximum absolute atomic E-state index is 12.1. The quantitative estimate of drug-likeness (QED) is 0.754. The van der Waals surface area contributed by atoms with Crippen molar-refractivity contribution < 1.29 is 9.90 Å². The lowest BCUT2D eigenvalue weighted by molar-refractivity contribution is -0.131. The molecule has 2 N–H and O–H groups in total. The van der Waals surface area contributed by atoms with Crippen LogP contribution in [0.15, 0.2) is 0 Å². The first-order valence-electron chi connectivity index (χ1n) is 5.45. The number of hydrogen-bond acceptors (Lipinski definition) is 3. The molecule has 2 unspecified atom stereocenters. The smallest absolute Gasteiger partial charge is 0.157 e. The molecule has 0 bridgehead atoms. The minimum atomic E-state index is -0.670. The summed E-state index contributed by atoms with van der Waals surface area (Å²) in [5.74, 6) is 0.0485. The van der Waals surface area contributed by atoms with E-state index < -0.39 is 17.6 Å². The first-order chi connectivity index (χ1) is 6.45. The Bertz CT molecular complexity index is 221. The fraction of sp³-hybridized carbons (Fsp3) is 0.917. The number of aliphatic hydroxyl groups is 1. The van der Waals surface area contributed by atoms with Gasteiger partial charge >= 0.3 is 0 Å². The molecule has 90 valence electrons. The summed E-state index contributed by atoms with van der Waals surface area (Å²) in [6.07, 6.45) is -0.670. The van der Waals surface area contributed by atoms with Crippen LogP contribution in [0.1, 0.15) is 48.5 Å². The molecular weight excluding hydrogens is 190 g/mol. The minimum Gasteiger partial charge on any atom is -0.391 e. The van der Waals surface area contributed by atoms with Crippen molar-refractivity contribution in [3.63, 3.8) is 0 Å². The maximum Gasteiger partial charge on any atom is 0.157 e. The number of carbonyl (C=O) groups is 1. The molecule has 0 heterocycles. The zero-order valence-electron chi connectivity index (χ0n) is 11.0. The molecule has 0 saturated heterocycles. The molecule has 0 aliphatic rings. The van der Waals surface area contributed by atoms with Crippen LogP contribution in [0.4, 0.5) is 0 Å². The van der Waals surface area contributed by atoms with Crippen LogP contribution < -0.4 is 5.32 Å². The van der Waals surface area contributed by atoms with E-state index in [9.17, 15) is 9.90 Å². The molecule has 0 radical (unpaired) electrons. The highest BCUT2D eigenvalue weighted by molar-refractivity contribution is 5.89. The molecule has 15 heavy (non-hydrogen) atoms. The summed E-state index contributed by atoms with van der Waals surface area (Å²) in [5.41, 5.74) is -0.609. The Balaban J connectivity index is 4.77. The van der Waals surface area contributed by atoms with Crippen LogP contribution in [0.2, 0.25) is 0 Å². The molecule has 0 aliphatic carbocycles. The molecule has 2 atom stereocenters. The van der Waals surface area contributed by atoms with Crippen molar-refractivity contribution in [1.29, 1.82) is 0 Å². The van der Waals surface area contributed by atoms with Gasteiger partial charge < -0.3 is 10.4 Å². The monoisotopic (exact) mass is 215 g/mol. The van der Waals surface area contributed by atoms with Crippen LogP contribution in [0, 0.1) is 5.41 Å². The van der Waals surface area contributed by atoms with Crippen molar-refractivity contribution in [3.8, 4) is 0 Å². The first kappa shape index (κ1) is 14.6. The van der Waals surface area contributed by atoms with Gasteiger partial charge in [0.05, 0.1) is 12.1 Å². The third-order valence-corrected chi connectivity index (χ3v) is 2.09. The van der Waals surface area contributed by atoms with E-state index in [2.05, 4.69) is 5.32 Å². The van der Waals surface area contributed by atoms with Gasteiger partial charge in [0.25, 0.3) is 0 Å². The van der Waals surface area contributed by atoms with E-state index in [1.807, 2.05) is 41.5 Å². The zero-order chi connectivity index (χ0) is 12.4. The van der Waals surface area contributed by atoms with Crippen LogP contribution in [-0.2, 0) is 4.79 Å². The fourth-order valence-electron chi connectivity index (χ4n) is 1.34. The highest BCUT2D eigenvalue weighted by Crippen LogP contribution is 2.19. The molecule has 3 heteroatoms.